The third-order valence-corrected chi connectivity index (χ3v) is 2.06. The number of halogens is 1. The lowest BCUT2D eigenvalue weighted by Gasteiger charge is -2.09. The molecule has 0 aliphatic rings. The highest BCUT2D eigenvalue weighted by Crippen LogP contribution is 2.17. The molecule has 0 aliphatic heterocycles. The van der Waals surface area contributed by atoms with Crippen LogP contribution in [0.25, 0.3) is 0 Å². The summed E-state index contributed by atoms with van der Waals surface area (Å²) < 4.78 is 0. The van der Waals surface area contributed by atoms with Crippen molar-refractivity contribution in [3.05, 3.63) is 34.9 Å². The smallest absolute Gasteiger partial charge is 0.312 e. The van der Waals surface area contributed by atoms with Gasteiger partial charge in [-0.25, -0.2) is 0 Å². The fourth-order valence-electron chi connectivity index (χ4n) is 1.07. The van der Waals surface area contributed by atoms with Crippen molar-refractivity contribution in [2.75, 3.05) is 6.54 Å². The lowest BCUT2D eigenvalue weighted by Crippen LogP contribution is -2.20. The molecule has 1 unspecified atom stereocenters. The zero-order valence-corrected chi connectivity index (χ0v) is 7.66. The molecule has 70 valence electrons. The second kappa shape index (κ2) is 4.25. The van der Waals surface area contributed by atoms with E-state index in [-0.39, 0.29) is 6.54 Å². The van der Waals surface area contributed by atoms with Crippen LogP contribution in [-0.2, 0) is 4.79 Å². The van der Waals surface area contributed by atoms with E-state index in [0.717, 1.165) is 0 Å². The molecule has 1 aromatic carbocycles. The Labute approximate surface area is 81.1 Å². The highest BCUT2D eigenvalue weighted by molar-refractivity contribution is 6.30. The summed E-state index contributed by atoms with van der Waals surface area (Å²) in [5.41, 5.74) is 6.01. The number of hydrogen-bond donors (Lipinski definition) is 2. The van der Waals surface area contributed by atoms with E-state index in [1.165, 1.54) is 0 Å². The second-order valence-electron chi connectivity index (χ2n) is 2.68. The van der Waals surface area contributed by atoms with Crippen LogP contribution in [0.5, 0.6) is 0 Å². The van der Waals surface area contributed by atoms with Crippen molar-refractivity contribution in [1.82, 2.24) is 0 Å². The minimum absolute atomic E-state index is 0.0942. The summed E-state index contributed by atoms with van der Waals surface area (Å²) in [5.74, 6) is -1.55. The Kier molecular flexibility index (Phi) is 3.28. The van der Waals surface area contributed by atoms with Crippen LogP contribution in [0.1, 0.15) is 11.5 Å². The summed E-state index contributed by atoms with van der Waals surface area (Å²) in [6.07, 6.45) is 0. The topological polar surface area (TPSA) is 63.3 Å². The molecule has 0 radical (unpaired) electrons. The summed E-state index contributed by atoms with van der Waals surface area (Å²) in [4.78, 5) is 10.7. The molecule has 0 aromatic heterocycles. The van der Waals surface area contributed by atoms with Gasteiger partial charge in [-0.05, 0) is 17.7 Å². The highest BCUT2D eigenvalue weighted by atomic mass is 35.5. The van der Waals surface area contributed by atoms with Crippen LogP contribution in [0, 0.1) is 0 Å². The Morgan fingerprint density at radius 2 is 2.00 bits per heavy atom. The van der Waals surface area contributed by atoms with Crippen molar-refractivity contribution in [2.24, 2.45) is 5.73 Å². The van der Waals surface area contributed by atoms with Gasteiger partial charge in [-0.15, -0.1) is 0 Å². The van der Waals surface area contributed by atoms with E-state index in [4.69, 9.17) is 22.4 Å². The van der Waals surface area contributed by atoms with Gasteiger partial charge in [-0.2, -0.15) is 0 Å². The maximum atomic E-state index is 10.7. The number of carboxylic acids is 1. The first-order chi connectivity index (χ1) is 6.15. The average molecular weight is 200 g/mol. The Morgan fingerprint density at radius 1 is 1.46 bits per heavy atom. The summed E-state index contributed by atoms with van der Waals surface area (Å²) in [6, 6.07) is 6.66. The highest BCUT2D eigenvalue weighted by Gasteiger charge is 2.17. The van der Waals surface area contributed by atoms with E-state index < -0.39 is 11.9 Å². The van der Waals surface area contributed by atoms with Crippen molar-refractivity contribution in [2.45, 2.75) is 5.92 Å². The number of hydrogen-bond acceptors (Lipinski definition) is 2. The molecule has 13 heavy (non-hydrogen) atoms. The number of carboxylic acid groups (broad SMARTS) is 1. The van der Waals surface area contributed by atoms with E-state index in [1.807, 2.05) is 0 Å². The molecule has 4 heteroatoms. The van der Waals surface area contributed by atoms with E-state index >= 15 is 0 Å². The molecule has 0 saturated heterocycles. The van der Waals surface area contributed by atoms with Crippen LogP contribution in [0.3, 0.4) is 0 Å². The second-order valence-corrected chi connectivity index (χ2v) is 3.11. The number of carbonyl (C=O) groups is 1. The summed E-state index contributed by atoms with van der Waals surface area (Å²) >= 11 is 5.66. The quantitative estimate of drug-likeness (QED) is 0.775. The van der Waals surface area contributed by atoms with E-state index in [0.29, 0.717) is 10.6 Å². The molecule has 1 aromatic rings. The van der Waals surface area contributed by atoms with Gasteiger partial charge >= 0.3 is 5.97 Å². The van der Waals surface area contributed by atoms with E-state index in [1.54, 1.807) is 24.3 Å². The van der Waals surface area contributed by atoms with Gasteiger partial charge in [0.05, 0.1) is 5.92 Å². The molecule has 0 fully saturated rings. The van der Waals surface area contributed by atoms with Gasteiger partial charge in [-0.1, -0.05) is 23.7 Å². The van der Waals surface area contributed by atoms with Crippen LogP contribution >= 0.6 is 11.6 Å². The van der Waals surface area contributed by atoms with Crippen molar-refractivity contribution in [3.63, 3.8) is 0 Å². The maximum Gasteiger partial charge on any atom is 0.312 e. The van der Waals surface area contributed by atoms with Crippen LogP contribution in [-0.4, -0.2) is 17.6 Å². The van der Waals surface area contributed by atoms with Gasteiger partial charge in [0.15, 0.2) is 0 Å². The molecule has 1 rings (SSSR count). The van der Waals surface area contributed by atoms with Crippen molar-refractivity contribution >= 4 is 17.6 Å². The molecule has 1 atom stereocenters. The third-order valence-electron chi connectivity index (χ3n) is 1.81. The summed E-state index contributed by atoms with van der Waals surface area (Å²) in [6.45, 7) is 0.0942. The molecule has 0 saturated carbocycles. The number of rotatable bonds is 3. The van der Waals surface area contributed by atoms with Crippen molar-refractivity contribution in [3.8, 4) is 0 Å². The Morgan fingerprint density at radius 3 is 2.38 bits per heavy atom. The SMILES string of the molecule is NCC(C(=O)O)c1ccc(Cl)cc1. The molecule has 0 amide bonds. The standard InChI is InChI=1S/C9H10ClNO2/c10-7-3-1-6(2-4-7)8(5-11)9(12)13/h1-4,8H,5,11H2,(H,12,13). The molecule has 3 N–H and O–H groups in total. The Balaban J connectivity index is 2.92. The van der Waals surface area contributed by atoms with Gasteiger partial charge in [-0.3, -0.25) is 4.79 Å². The lowest BCUT2D eigenvalue weighted by atomic mass is 10.00. The minimum atomic E-state index is -0.912. The molecule has 0 aliphatic carbocycles. The van der Waals surface area contributed by atoms with Crippen molar-refractivity contribution < 1.29 is 9.90 Å². The van der Waals surface area contributed by atoms with Gasteiger partial charge < -0.3 is 10.8 Å². The summed E-state index contributed by atoms with van der Waals surface area (Å²) in [7, 11) is 0. The predicted molar refractivity (Wildman–Crippen MR) is 50.9 cm³/mol. The fraction of sp³-hybridized carbons (Fsp3) is 0.222. The van der Waals surface area contributed by atoms with Gasteiger partial charge in [0.2, 0.25) is 0 Å². The molecule has 0 spiro atoms. The first-order valence-electron chi connectivity index (χ1n) is 3.83. The molecule has 3 nitrogen and oxygen atoms in total. The van der Waals surface area contributed by atoms with Crippen LogP contribution < -0.4 is 5.73 Å². The number of benzene rings is 1. The normalized spacial score (nSPS) is 12.5. The molecule has 0 bridgehead atoms. The lowest BCUT2D eigenvalue weighted by molar-refractivity contribution is -0.138. The molecule has 0 heterocycles. The van der Waals surface area contributed by atoms with Crippen molar-refractivity contribution in [1.29, 1.82) is 0 Å². The number of nitrogens with two attached hydrogens (primary N) is 1. The Hall–Kier alpha value is -1.06. The van der Waals surface area contributed by atoms with E-state index in [9.17, 15) is 4.79 Å². The van der Waals surface area contributed by atoms with Crippen LogP contribution in [0.4, 0.5) is 0 Å². The zero-order valence-electron chi connectivity index (χ0n) is 6.90. The Bertz CT molecular complexity index is 297. The summed E-state index contributed by atoms with van der Waals surface area (Å²) in [5, 5.41) is 9.37. The van der Waals surface area contributed by atoms with Crippen LogP contribution in [0.2, 0.25) is 5.02 Å². The fourth-order valence-corrected chi connectivity index (χ4v) is 1.20. The predicted octanol–water partition coefficient (Wildman–Crippen LogP) is 1.47. The van der Waals surface area contributed by atoms with E-state index in [2.05, 4.69) is 0 Å². The third kappa shape index (κ3) is 2.44. The van der Waals surface area contributed by atoms with Gasteiger partial charge in [0.25, 0.3) is 0 Å². The minimum Gasteiger partial charge on any atom is -0.481 e. The van der Waals surface area contributed by atoms with Gasteiger partial charge in [0, 0.05) is 11.6 Å². The average Bonchev–Trinajstić information content (AvgIpc) is 2.09. The largest absolute Gasteiger partial charge is 0.481 e. The first kappa shape index (κ1) is 10.0. The molecular weight excluding hydrogens is 190 g/mol. The molecular formula is C9H10ClNO2. The number of aliphatic carboxylic acids is 1. The van der Waals surface area contributed by atoms with Crippen LogP contribution in [0.15, 0.2) is 24.3 Å². The monoisotopic (exact) mass is 199 g/mol. The van der Waals surface area contributed by atoms with Gasteiger partial charge in [0.1, 0.15) is 0 Å². The maximum absolute atomic E-state index is 10.7. The zero-order chi connectivity index (χ0) is 9.84. The first-order valence-corrected chi connectivity index (χ1v) is 4.21.